The Kier molecular flexibility index (Phi) is 4.79. The molecule has 3 atom stereocenters. The molecule has 1 fully saturated rings. The van der Waals surface area contributed by atoms with Crippen LogP contribution in [0.2, 0.25) is 0 Å². The van der Waals surface area contributed by atoms with E-state index in [0.29, 0.717) is 11.1 Å². The van der Waals surface area contributed by atoms with Crippen LogP contribution in [-0.2, 0) is 4.79 Å². The largest absolute Gasteiger partial charge is 0.351 e. The van der Waals surface area contributed by atoms with Crippen molar-refractivity contribution in [1.82, 2.24) is 15.2 Å². The quantitative estimate of drug-likeness (QED) is 0.898. The Bertz CT molecular complexity index is 799. The van der Waals surface area contributed by atoms with E-state index in [-0.39, 0.29) is 35.5 Å². The predicted octanol–water partition coefficient (Wildman–Crippen LogP) is 2.93. The normalized spacial score (nSPS) is 23.4. The predicted molar refractivity (Wildman–Crippen MR) is 94.7 cm³/mol. The standard InChI is InChI=1S/C19H24FN3O2/c1-11-8-12(19(25)23(2)3)4-6-15(11)22-18(24)17-10-13-9-14(20)5-7-16(13)21-17/h5,7,9-12,15,21H,4,6,8H2,1-3H3,(H,22,24)/t11-,12+,15+/m1/s1. The van der Waals surface area contributed by atoms with E-state index in [9.17, 15) is 14.0 Å². The molecule has 2 amide bonds. The average Bonchev–Trinajstić information content (AvgIpc) is 2.99. The summed E-state index contributed by atoms with van der Waals surface area (Å²) < 4.78 is 13.3. The molecule has 2 aromatic rings. The van der Waals surface area contributed by atoms with Gasteiger partial charge in [0, 0.05) is 37.0 Å². The van der Waals surface area contributed by atoms with Crippen molar-refractivity contribution in [3.63, 3.8) is 0 Å². The molecule has 0 spiro atoms. The second-order valence-corrected chi connectivity index (χ2v) is 7.21. The van der Waals surface area contributed by atoms with E-state index in [1.807, 2.05) is 0 Å². The van der Waals surface area contributed by atoms with Crippen molar-refractivity contribution < 1.29 is 14.0 Å². The molecular formula is C19H24FN3O2. The van der Waals surface area contributed by atoms with E-state index in [1.54, 1.807) is 31.1 Å². The van der Waals surface area contributed by atoms with Crippen molar-refractivity contribution >= 4 is 22.7 Å². The minimum Gasteiger partial charge on any atom is -0.351 e. The fourth-order valence-electron chi connectivity index (χ4n) is 3.67. The van der Waals surface area contributed by atoms with Crippen LogP contribution in [0, 0.1) is 17.7 Å². The SMILES string of the molecule is C[C@@H]1C[C@@H](C(=O)N(C)C)CC[C@@H]1NC(=O)c1cc2cc(F)ccc2[nH]1. The molecular weight excluding hydrogens is 321 g/mol. The monoisotopic (exact) mass is 345 g/mol. The van der Waals surface area contributed by atoms with Gasteiger partial charge >= 0.3 is 0 Å². The van der Waals surface area contributed by atoms with Crippen molar-refractivity contribution in [1.29, 1.82) is 0 Å². The van der Waals surface area contributed by atoms with Crippen LogP contribution in [0.5, 0.6) is 0 Å². The molecule has 0 unspecified atom stereocenters. The molecule has 0 radical (unpaired) electrons. The fourth-order valence-corrected chi connectivity index (χ4v) is 3.67. The molecule has 1 aromatic carbocycles. The summed E-state index contributed by atoms with van der Waals surface area (Å²) in [4.78, 5) is 29.3. The molecule has 3 rings (SSSR count). The van der Waals surface area contributed by atoms with E-state index in [0.717, 1.165) is 24.8 Å². The molecule has 1 aliphatic carbocycles. The Labute approximate surface area is 146 Å². The van der Waals surface area contributed by atoms with Crippen molar-refractivity contribution in [2.45, 2.75) is 32.2 Å². The molecule has 1 aromatic heterocycles. The maximum atomic E-state index is 13.3. The summed E-state index contributed by atoms with van der Waals surface area (Å²) in [5, 5.41) is 3.74. The summed E-state index contributed by atoms with van der Waals surface area (Å²) in [6, 6.07) is 6.11. The number of amides is 2. The number of fused-ring (bicyclic) bond motifs is 1. The molecule has 0 aliphatic heterocycles. The van der Waals surface area contributed by atoms with Crippen molar-refractivity contribution in [2.75, 3.05) is 14.1 Å². The van der Waals surface area contributed by atoms with E-state index in [1.165, 1.54) is 12.1 Å². The number of nitrogens with zero attached hydrogens (tertiary/aromatic N) is 1. The highest BCUT2D eigenvalue weighted by Gasteiger charge is 2.33. The first-order valence-electron chi connectivity index (χ1n) is 8.65. The van der Waals surface area contributed by atoms with E-state index < -0.39 is 0 Å². The van der Waals surface area contributed by atoms with E-state index >= 15 is 0 Å². The highest BCUT2D eigenvalue weighted by Crippen LogP contribution is 2.30. The number of rotatable bonds is 3. The van der Waals surface area contributed by atoms with Gasteiger partial charge in [-0.1, -0.05) is 6.92 Å². The number of carbonyl (C=O) groups excluding carboxylic acids is 2. The Morgan fingerprint density at radius 1 is 1.24 bits per heavy atom. The first-order chi connectivity index (χ1) is 11.8. The lowest BCUT2D eigenvalue weighted by molar-refractivity contribution is -0.134. The number of aromatic amines is 1. The first kappa shape index (κ1) is 17.5. The van der Waals surface area contributed by atoms with Gasteiger partial charge in [0.1, 0.15) is 11.5 Å². The van der Waals surface area contributed by atoms with Gasteiger partial charge in [-0.05, 0) is 49.4 Å². The summed E-state index contributed by atoms with van der Waals surface area (Å²) >= 11 is 0. The Hall–Kier alpha value is -2.37. The molecule has 6 heteroatoms. The number of carbonyl (C=O) groups is 2. The number of benzene rings is 1. The van der Waals surface area contributed by atoms with Gasteiger partial charge in [0.15, 0.2) is 0 Å². The van der Waals surface area contributed by atoms with Gasteiger partial charge in [0.2, 0.25) is 5.91 Å². The molecule has 1 saturated carbocycles. The number of hydrogen-bond donors (Lipinski definition) is 2. The summed E-state index contributed by atoms with van der Waals surface area (Å²) in [6.45, 7) is 2.07. The van der Waals surface area contributed by atoms with Crippen molar-refractivity contribution in [3.8, 4) is 0 Å². The topological polar surface area (TPSA) is 65.2 Å². The second kappa shape index (κ2) is 6.86. The summed E-state index contributed by atoms with van der Waals surface area (Å²) in [5.74, 6) is -0.0845. The summed E-state index contributed by atoms with van der Waals surface area (Å²) in [7, 11) is 3.55. The zero-order valence-electron chi connectivity index (χ0n) is 14.8. The highest BCUT2D eigenvalue weighted by atomic mass is 19.1. The minimum absolute atomic E-state index is 0.0363. The van der Waals surface area contributed by atoms with Gasteiger partial charge in [-0.25, -0.2) is 4.39 Å². The number of H-pyrrole nitrogens is 1. The van der Waals surface area contributed by atoms with Gasteiger partial charge in [-0.15, -0.1) is 0 Å². The van der Waals surface area contributed by atoms with Gasteiger partial charge in [0.25, 0.3) is 5.91 Å². The maximum Gasteiger partial charge on any atom is 0.267 e. The number of halogens is 1. The summed E-state index contributed by atoms with van der Waals surface area (Å²) in [5.41, 5.74) is 1.17. The smallest absolute Gasteiger partial charge is 0.267 e. The van der Waals surface area contributed by atoms with Gasteiger partial charge in [-0.3, -0.25) is 9.59 Å². The van der Waals surface area contributed by atoms with Crippen LogP contribution < -0.4 is 5.32 Å². The fraction of sp³-hybridized carbons (Fsp3) is 0.474. The van der Waals surface area contributed by atoms with Crippen LogP contribution >= 0.6 is 0 Å². The van der Waals surface area contributed by atoms with Gasteiger partial charge in [-0.2, -0.15) is 0 Å². The number of hydrogen-bond acceptors (Lipinski definition) is 2. The van der Waals surface area contributed by atoms with Gasteiger partial charge in [0.05, 0.1) is 0 Å². The molecule has 2 N–H and O–H groups in total. The number of aromatic nitrogens is 1. The van der Waals surface area contributed by atoms with Crippen LogP contribution in [0.1, 0.15) is 36.7 Å². The molecule has 0 bridgehead atoms. The Morgan fingerprint density at radius 3 is 2.68 bits per heavy atom. The number of nitrogens with one attached hydrogen (secondary N) is 2. The van der Waals surface area contributed by atoms with E-state index in [4.69, 9.17) is 0 Å². The Morgan fingerprint density at radius 2 is 2.00 bits per heavy atom. The van der Waals surface area contributed by atoms with Crippen molar-refractivity contribution in [3.05, 3.63) is 35.8 Å². The third-order valence-electron chi connectivity index (χ3n) is 5.10. The molecule has 0 saturated heterocycles. The van der Waals surface area contributed by atoms with E-state index in [2.05, 4.69) is 17.2 Å². The molecule has 25 heavy (non-hydrogen) atoms. The third kappa shape index (κ3) is 3.67. The van der Waals surface area contributed by atoms with Crippen LogP contribution in [0.15, 0.2) is 24.3 Å². The van der Waals surface area contributed by atoms with Crippen molar-refractivity contribution in [2.24, 2.45) is 11.8 Å². The minimum atomic E-state index is -0.323. The Balaban J connectivity index is 1.65. The van der Waals surface area contributed by atoms with Gasteiger partial charge < -0.3 is 15.2 Å². The van der Waals surface area contributed by atoms with Crippen LogP contribution in [0.3, 0.4) is 0 Å². The molecule has 1 heterocycles. The van der Waals surface area contributed by atoms with Crippen LogP contribution in [-0.4, -0.2) is 41.8 Å². The zero-order valence-corrected chi connectivity index (χ0v) is 14.8. The molecule has 134 valence electrons. The molecule has 1 aliphatic rings. The second-order valence-electron chi connectivity index (χ2n) is 7.21. The lowest BCUT2D eigenvalue weighted by Crippen LogP contribution is -2.45. The highest BCUT2D eigenvalue weighted by molar-refractivity contribution is 5.98. The zero-order chi connectivity index (χ0) is 18.1. The lowest BCUT2D eigenvalue weighted by atomic mass is 9.78. The maximum absolute atomic E-state index is 13.3. The van der Waals surface area contributed by atoms with Crippen LogP contribution in [0.4, 0.5) is 4.39 Å². The summed E-state index contributed by atoms with van der Waals surface area (Å²) in [6.07, 6.45) is 2.34. The lowest BCUT2D eigenvalue weighted by Gasteiger charge is -2.34. The third-order valence-corrected chi connectivity index (χ3v) is 5.10. The first-order valence-corrected chi connectivity index (χ1v) is 8.65. The molecule has 5 nitrogen and oxygen atoms in total. The van der Waals surface area contributed by atoms with Crippen LogP contribution in [0.25, 0.3) is 10.9 Å². The average molecular weight is 345 g/mol.